The van der Waals surface area contributed by atoms with Gasteiger partial charge < -0.3 is 50.5 Å². The van der Waals surface area contributed by atoms with E-state index in [1.165, 1.54) is 244 Å². The summed E-state index contributed by atoms with van der Waals surface area (Å²) in [4.78, 5) is 13.2. The van der Waals surface area contributed by atoms with Gasteiger partial charge in [-0.2, -0.15) is 0 Å². The molecule has 446 valence electrons. The van der Waals surface area contributed by atoms with Gasteiger partial charge in [0.1, 0.15) is 36.6 Å². The van der Waals surface area contributed by atoms with E-state index in [0.29, 0.717) is 12.8 Å². The number of carbonyl (C=O) groups excluding carboxylic acids is 1. The van der Waals surface area contributed by atoms with Crippen LogP contribution in [0.2, 0.25) is 0 Å². The summed E-state index contributed by atoms with van der Waals surface area (Å²) in [6.45, 7) is 3.49. The molecule has 9 atom stereocenters. The number of aliphatic hydroxyl groups is 7. The number of ether oxygens (including phenoxy) is 2. The third-order valence-electron chi connectivity index (χ3n) is 16.1. The van der Waals surface area contributed by atoms with Gasteiger partial charge in [0, 0.05) is 0 Å². The molecule has 9 unspecified atom stereocenters. The monoisotopic (exact) mass is 1070 g/mol. The molecule has 0 spiro atoms. The largest absolute Gasteiger partial charge is 0.394 e. The Bertz CT molecular complexity index is 1220. The van der Waals surface area contributed by atoms with Gasteiger partial charge in [0.15, 0.2) is 6.29 Å². The van der Waals surface area contributed by atoms with Crippen molar-refractivity contribution in [1.29, 1.82) is 0 Å². The lowest BCUT2D eigenvalue weighted by Gasteiger charge is -2.40. The lowest BCUT2D eigenvalue weighted by molar-refractivity contribution is -0.303. The standard InChI is InChI=1S/C64H125NO10/c1-3-5-7-9-11-13-15-17-19-21-23-25-26-27-28-29-30-31-32-34-36-38-40-42-44-46-48-50-52-57(68)63(73)65-55(54-74-64-62(72)61(71)60(70)58(53-66)75-64)59(69)56(67)51-49-47-45-43-41-39-37-35-33-24-22-20-18-16-14-12-10-8-6-4-2/h43,45,55-62,64,66-72H,3-42,44,46-54H2,1-2H3,(H,65,73)/b45-43+. The molecule has 1 rings (SSSR count). The molecule has 11 nitrogen and oxygen atoms in total. The predicted octanol–water partition coefficient (Wildman–Crippen LogP) is 14.7. The molecule has 11 heteroatoms. The van der Waals surface area contributed by atoms with Crippen LogP contribution in [-0.4, -0.2) is 110 Å². The second-order valence-corrected chi connectivity index (χ2v) is 23.2. The summed E-state index contributed by atoms with van der Waals surface area (Å²) in [5.74, 6) is -0.699. The van der Waals surface area contributed by atoms with Crippen molar-refractivity contribution in [2.45, 2.75) is 377 Å². The first-order valence-corrected chi connectivity index (χ1v) is 32.6. The van der Waals surface area contributed by atoms with E-state index in [0.717, 1.165) is 38.5 Å². The topological polar surface area (TPSA) is 189 Å². The fourth-order valence-electron chi connectivity index (χ4n) is 10.8. The Labute approximate surface area is 462 Å². The molecule has 0 aromatic carbocycles. The molecular formula is C64H125NO10. The summed E-state index contributed by atoms with van der Waals surface area (Å²) in [6, 6.07) is -1.18. The van der Waals surface area contributed by atoms with Crippen LogP contribution >= 0.6 is 0 Å². The van der Waals surface area contributed by atoms with Crippen molar-refractivity contribution < 1.29 is 50.0 Å². The summed E-state index contributed by atoms with van der Waals surface area (Å²) < 4.78 is 11.2. The van der Waals surface area contributed by atoms with Gasteiger partial charge in [0.2, 0.25) is 5.91 Å². The highest BCUT2D eigenvalue weighted by molar-refractivity contribution is 5.80. The normalized spacial score (nSPS) is 19.7. The van der Waals surface area contributed by atoms with Crippen LogP contribution in [0.1, 0.15) is 322 Å². The highest BCUT2D eigenvalue weighted by Crippen LogP contribution is 2.24. The molecule has 0 radical (unpaired) electrons. The number of amides is 1. The molecule has 0 saturated carbocycles. The van der Waals surface area contributed by atoms with Crippen LogP contribution in [0, 0.1) is 0 Å². The molecule has 1 saturated heterocycles. The van der Waals surface area contributed by atoms with Gasteiger partial charge in [0.05, 0.1) is 25.4 Å². The third-order valence-corrected chi connectivity index (χ3v) is 16.1. The van der Waals surface area contributed by atoms with E-state index in [2.05, 4.69) is 31.3 Å². The van der Waals surface area contributed by atoms with E-state index < -0.39 is 74.2 Å². The van der Waals surface area contributed by atoms with E-state index in [4.69, 9.17) is 9.47 Å². The molecule has 8 N–H and O–H groups in total. The van der Waals surface area contributed by atoms with Crippen molar-refractivity contribution in [1.82, 2.24) is 5.32 Å². The molecule has 1 aliphatic heterocycles. The fraction of sp³-hybridized carbons (Fsp3) is 0.953. The van der Waals surface area contributed by atoms with Crippen molar-refractivity contribution in [3.63, 3.8) is 0 Å². The number of rotatable bonds is 57. The van der Waals surface area contributed by atoms with Gasteiger partial charge in [-0.05, 0) is 38.5 Å². The minimum absolute atomic E-state index is 0.260. The van der Waals surface area contributed by atoms with Gasteiger partial charge in [-0.15, -0.1) is 0 Å². The smallest absolute Gasteiger partial charge is 0.249 e. The lowest BCUT2D eigenvalue weighted by atomic mass is 9.98. The summed E-state index contributed by atoms with van der Waals surface area (Å²) in [5.41, 5.74) is 0. The maximum absolute atomic E-state index is 13.2. The first kappa shape index (κ1) is 71.9. The highest BCUT2D eigenvalue weighted by Gasteiger charge is 2.44. The van der Waals surface area contributed by atoms with Crippen LogP contribution in [-0.2, 0) is 14.3 Å². The van der Waals surface area contributed by atoms with Gasteiger partial charge in [0.25, 0.3) is 0 Å². The van der Waals surface area contributed by atoms with Gasteiger partial charge in [-0.3, -0.25) is 4.79 Å². The summed E-state index contributed by atoms with van der Waals surface area (Å²) >= 11 is 0. The third kappa shape index (κ3) is 41.5. The van der Waals surface area contributed by atoms with Crippen molar-refractivity contribution in [3.8, 4) is 0 Å². The summed E-state index contributed by atoms with van der Waals surface area (Å²) in [5, 5.41) is 76.3. The van der Waals surface area contributed by atoms with Crippen LogP contribution in [0.15, 0.2) is 12.2 Å². The number of hydrogen-bond donors (Lipinski definition) is 8. The Morgan fingerprint density at radius 3 is 1.15 bits per heavy atom. The molecule has 75 heavy (non-hydrogen) atoms. The zero-order valence-corrected chi connectivity index (χ0v) is 49.1. The number of hydrogen-bond acceptors (Lipinski definition) is 10. The molecule has 1 heterocycles. The molecular weight excluding hydrogens is 943 g/mol. The van der Waals surface area contributed by atoms with E-state index in [-0.39, 0.29) is 12.8 Å². The molecule has 0 aromatic rings. The second-order valence-electron chi connectivity index (χ2n) is 23.2. The zero-order chi connectivity index (χ0) is 54.7. The Hall–Kier alpha value is -1.15. The highest BCUT2D eigenvalue weighted by atomic mass is 16.7. The molecule has 0 aromatic heterocycles. The number of aliphatic hydroxyl groups excluding tert-OH is 7. The summed E-state index contributed by atoms with van der Waals surface area (Å²) in [7, 11) is 0. The van der Waals surface area contributed by atoms with E-state index in [1.807, 2.05) is 0 Å². The van der Waals surface area contributed by atoms with Crippen molar-refractivity contribution in [3.05, 3.63) is 12.2 Å². The molecule has 1 aliphatic rings. The quantitative estimate of drug-likeness (QED) is 0.0215. The maximum Gasteiger partial charge on any atom is 0.249 e. The SMILES string of the molecule is CCCCCCCCCCCCCCCCC/C=C/CCCC(O)C(O)C(COC1OC(CO)C(O)C(O)C1O)NC(=O)C(O)CCCCCCCCCCCCCCCCCCCCCCCCCCCCCC. The fourth-order valence-corrected chi connectivity index (χ4v) is 10.8. The average Bonchev–Trinajstić information content (AvgIpc) is 3.41. The van der Waals surface area contributed by atoms with Crippen LogP contribution < -0.4 is 5.32 Å². The Balaban J connectivity index is 2.23. The molecule has 0 bridgehead atoms. The Morgan fingerprint density at radius 1 is 0.453 bits per heavy atom. The predicted molar refractivity (Wildman–Crippen MR) is 312 cm³/mol. The minimum atomic E-state index is -1.67. The molecule has 1 amide bonds. The van der Waals surface area contributed by atoms with E-state index in [9.17, 15) is 40.5 Å². The average molecular weight is 1070 g/mol. The zero-order valence-electron chi connectivity index (χ0n) is 49.1. The van der Waals surface area contributed by atoms with E-state index >= 15 is 0 Å². The number of carbonyl (C=O) groups is 1. The first-order valence-electron chi connectivity index (χ1n) is 32.6. The second kappa shape index (κ2) is 53.5. The van der Waals surface area contributed by atoms with Crippen LogP contribution in [0.5, 0.6) is 0 Å². The Morgan fingerprint density at radius 2 is 0.787 bits per heavy atom. The van der Waals surface area contributed by atoms with Crippen LogP contribution in [0.3, 0.4) is 0 Å². The first-order chi connectivity index (χ1) is 36.7. The van der Waals surface area contributed by atoms with Crippen LogP contribution in [0.4, 0.5) is 0 Å². The van der Waals surface area contributed by atoms with Crippen molar-refractivity contribution in [2.75, 3.05) is 13.2 Å². The van der Waals surface area contributed by atoms with Gasteiger partial charge in [-0.1, -0.05) is 296 Å². The minimum Gasteiger partial charge on any atom is -0.394 e. The van der Waals surface area contributed by atoms with Gasteiger partial charge >= 0.3 is 0 Å². The number of unbranched alkanes of at least 4 members (excludes halogenated alkanes) is 43. The summed E-state index contributed by atoms with van der Waals surface area (Å²) in [6.07, 6.45) is 52.9. The van der Waals surface area contributed by atoms with Crippen LogP contribution in [0.25, 0.3) is 0 Å². The molecule has 0 aliphatic carbocycles. The lowest BCUT2D eigenvalue weighted by Crippen LogP contribution is -2.60. The van der Waals surface area contributed by atoms with Crippen molar-refractivity contribution in [2.24, 2.45) is 0 Å². The number of nitrogens with one attached hydrogen (secondary N) is 1. The van der Waals surface area contributed by atoms with Crippen molar-refractivity contribution >= 4 is 5.91 Å². The number of allylic oxidation sites excluding steroid dienone is 2. The Kier molecular flexibility index (Phi) is 51.3. The maximum atomic E-state index is 13.2. The van der Waals surface area contributed by atoms with Gasteiger partial charge in [-0.25, -0.2) is 0 Å². The van der Waals surface area contributed by atoms with E-state index in [1.54, 1.807) is 0 Å². The molecule has 1 fully saturated rings.